The topological polar surface area (TPSA) is 99.8 Å². The van der Waals surface area contributed by atoms with Crippen LogP contribution in [-0.2, 0) is 11.8 Å². The summed E-state index contributed by atoms with van der Waals surface area (Å²) in [4.78, 5) is 24.6. The van der Waals surface area contributed by atoms with Gasteiger partial charge in [-0.1, -0.05) is 13.8 Å². The van der Waals surface area contributed by atoms with Crippen LogP contribution in [0.1, 0.15) is 30.6 Å². The zero-order valence-electron chi connectivity index (χ0n) is 14.0. The van der Waals surface area contributed by atoms with E-state index in [0.717, 1.165) is 10.9 Å². The number of carbonyl (C=O) groups is 2. The van der Waals surface area contributed by atoms with E-state index in [1.165, 1.54) is 0 Å². The molecular weight excluding hydrogens is 306 g/mol. The number of aromatic nitrogens is 2. The molecule has 7 heteroatoms. The van der Waals surface area contributed by atoms with Crippen LogP contribution >= 0.6 is 0 Å². The Morgan fingerprint density at radius 1 is 1.38 bits per heavy atom. The predicted octanol–water partition coefficient (Wildman–Crippen LogP) is 1.36. The molecule has 2 rings (SSSR count). The number of carbonyl (C=O) groups excluding carboxylic acids is 2. The van der Waals surface area contributed by atoms with Gasteiger partial charge in [0.05, 0.1) is 17.8 Å². The monoisotopic (exact) mass is 327 g/mol. The van der Waals surface area contributed by atoms with Crippen molar-refractivity contribution in [3.05, 3.63) is 30.0 Å². The Morgan fingerprint density at radius 3 is 2.79 bits per heavy atom. The highest BCUT2D eigenvalue weighted by atomic mass is 16.2. The van der Waals surface area contributed by atoms with Gasteiger partial charge < -0.3 is 10.6 Å². The minimum absolute atomic E-state index is 0.0784. The zero-order valence-corrected chi connectivity index (χ0v) is 14.0. The Labute approximate surface area is 140 Å². The standard InChI is InChI=1S/C17H21N5O2/c1-11(2)8-14(17(24)19-7-6-18)21-16(23)12-4-5-15-13(9-12)10-20-22(15)3/h4-5,9-11,14H,7-8H2,1-3H3,(H,19,24)(H,21,23). The fraction of sp³-hybridized carbons (Fsp3) is 0.412. The summed E-state index contributed by atoms with van der Waals surface area (Å²) in [7, 11) is 1.83. The lowest BCUT2D eigenvalue weighted by atomic mass is 10.0. The summed E-state index contributed by atoms with van der Waals surface area (Å²) < 4.78 is 1.73. The lowest BCUT2D eigenvalue weighted by molar-refractivity contribution is -0.123. The molecule has 2 N–H and O–H groups in total. The van der Waals surface area contributed by atoms with Gasteiger partial charge in [0.2, 0.25) is 5.91 Å². The number of hydrogen-bond acceptors (Lipinski definition) is 4. The summed E-state index contributed by atoms with van der Waals surface area (Å²) in [6, 6.07) is 6.47. The molecule has 0 radical (unpaired) electrons. The van der Waals surface area contributed by atoms with E-state index in [-0.39, 0.29) is 24.3 Å². The third-order valence-electron chi connectivity index (χ3n) is 3.68. The van der Waals surface area contributed by atoms with Crippen molar-refractivity contribution < 1.29 is 9.59 Å². The van der Waals surface area contributed by atoms with Gasteiger partial charge in [0.15, 0.2) is 0 Å². The maximum absolute atomic E-state index is 12.5. The van der Waals surface area contributed by atoms with E-state index < -0.39 is 6.04 Å². The Morgan fingerprint density at radius 2 is 2.12 bits per heavy atom. The van der Waals surface area contributed by atoms with Crippen molar-refractivity contribution in [1.82, 2.24) is 20.4 Å². The zero-order chi connectivity index (χ0) is 17.7. The largest absolute Gasteiger partial charge is 0.341 e. The van der Waals surface area contributed by atoms with Gasteiger partial charge in [-0.2, -0.15) is 10.4 Å². The van der Waals surface area contributed by atoms with Crippen molar-refractivity contribution in [3.63, 3.8) is 0 Å². The maximum Gasteiger partial charge on any atom is 0.251 e. The maximum atomic E-state index is 12.5. The second-order valence-corrected chi connectivity index (χ2v) is 6.07. The summed E-state index contributed by atoms with van der Waals surface area (Å²) in [5.41, 5.74) is 1.40. The number of nitriles is 1. The molecular formula is C17H21N5O2. The van der Waals surface area contributed by atoms with Gasteiger partial charge in [0.25, 0.3) is 5.91 Å². The number of rotatable bonds is 6. The van der Waals surface area contributed by atoms with Crippen molar-refractivity contribution in [3.8, 4) is 6.07 Å². The van der Waals surface area contributed by atoms with E-state index in [1.807, 2.05) is 33.0 Å². The Balaban J connectivity index is 2.15. The van der Waals surface area contributed by atoms with Crippen molar-refractivity contribution in [1.29, 1.82) is 5.26 Å². The molecule has 0 aliphatic rings. The number of amides is 2. The van der Waals surface area contributed by atoms with Gasteiger partial charge in [-0.3, -0.25) is 14.3 Å². The summed E-state index contributed by atoms with van der Waals surface area (Å²) in [5.74, 6) is -0.441. The average Bonchev–Trinajstić information content (AvgIpc) is 2.92. The first-order valence-corrected chi connectivity index (χ1v) is 7.79. The fourth-order valence-corrected chi connectivity index (χ4v) is 2.50. The van der Waals surface area contributed by atoms with Crippen LogP contribution in [0, 0.1) is 17.2 Å². The van der Waals surface area contributed by atoms with Gasteiger partial charge in [0.1, 0.15) is 12.6 Å². The first kappa shape index (κ1) is 17.5. The van der Waals surface area contributed by atoms with Gasteiger partial charge in [0, 0.05) is 18.0 Å². The van der Waals surface area contributed by atoms with E-state index in [0.29, 0.717) is 12.0 Å². The van der Waals surface area contributed by atoms with Gasteiger partial charge in [-0.05, 0) is 30.5 Å². The number of aryl methyl sites for hydroxylation is 1. The number of nitrogens with one attached hydrogen (secondary N) is 2. The van der Waals surface area contributed by atoms with Crippen LogP contribution in [-0.4, -0.2) is 34.2 Å². The minimum Gasteiger partial charge on any atom is -0.341 e. The van der Waals surface area contributed by atoms with Crippen LogP contribution in [0.4, 0.5) is 0 Å². The Hall–Kier alpha value is -2.88. The van der Waals surface area contributed by atoms with Crippen molar-refractivity contribution >= 4 is 22.7 Å². The summed E-state index contributed by atoms with van der Waals surface area (Å²) in [5, 5.41) is 18.8. The van der Waals surface area contributed by atoms with Crippen molar-refractivity contribution in [2.75, 3.05) is 6.54 Å². The predicted molar refractivity (Wildman–Crippen MR) is 90.0 cm³/mol. The highest BCUT2D eigenvalue weighted by Gasteiger charge is 2.22. The second kappa shape index (κ2) is 7.59. The molecule has 7 nitrogen and oxygen atoms in total. The number of fused-ring (bicyclic) bond motifs is 1. The molecule has 24 heavy (non-hydrogen) atoms. The molecule has 1 aromatic carbocycles. The molecule has 0 bridgehead atoms. The van der Waals surface area contributed by atoms with E-state index in [2.05, 4.69) is 15.7 Å². The molecule has 0 saturated carbocycles. The number of nitrogens with zero attached hydrogens (tertiary/aromatic N) is 3. The average molecular weight is 327 g/mol. The normalized spacial score (nSPS) is 12.0. The lowest BCUT2D eigenvalue weighted by Crippen LogP contribution is -2.47. The van der Waals surface area contributed by atoms with Crippen LogP contribution in [0.5, 0.6) is 0 Å². The lowest BCUT2D eigenvalue weighted by Gasteiger charge is -2.19. The molecule has 2 aromatic rings. The fourth-order valence-electron chi connectivity index (χ4n) is 2.50. The first-order valence-electron chi connectivity index (χ1n) is 7.79. The molecule has 1 aromatic heterocycles. The van der Waals surface area contributed by atoms with Crippen LogP contribution in [0.2, 0.25) is 0 Å². The van der Waals surface area contributed by atoms with E-state index in [1.54, 1.807) is 23.0 Å². The van der Waals surface area contributed by atoms with Crippen LogP contribution in [0.3, 0.4) is 0 Å². The SMILES string of the molecule is CC(C)CC(NC(=O)c1ccc2c(cnn2C)c1)C(=O)NCC#N. The van der Waals surface area contributed by atoms with Crippen LogP contribution < -0.4 is 10.6 Å². The van der Waals surface area contributed by atoms with Gasteiger partial charge in [-0.25, -0.2) is 0 Å². The highest BCUT2D eigenvalue weighted by Crippen LogP contribution is 2.15. The van der Waals surface area contributed by atoms with Gasteiger partial charge >= 0.3 is 0 Å². The highest BCUT2D eigenvalue weighted by molar-refractivity contribution is 6.00. The molecule has 0 aliphatic heterocycles. The molecule has 0 fully saturated rings. The summed E-state index contributed by atoms with van der Waals surface area (Å²) >= 11 is 0. The molecule has 0 aliphatic carbocycles. The van der Waals surface area contributed by atoms with Crippen LogP contribution in [0.15, 0.2) is 24.4 Å². The minimum atomic E-state index is -0.671. The smallest absolute Gasteiger partial charge is 0.251 e. The summed E-state index contributed by atoms with van der Waals surface area (Å²) in [6.07, 6.45) is 2.19. The van der Waals surface area contributed by atoms with Gasteiger partial charge in [-0.15, -0.1) is 0 Å². The molecule has 1 heterocycles. The third-order valence-corrected chi connectivity index (χ3v) is 3.68. The first-order chi connectivity index (χ1) is 11.4. The third kappa shape index (κ3) is 4.10. The molecule has 1 atom stereocenters. The van der Waals surface area contributed by atoms with E-state index in [4.69, 9.17) is 5.26 Å². The molecule has 1 unspecified atom stereocenters. The number of hydrogen-bond donors (Lipinski definition) is 2. The van der Waals surface area contributed by atoms with E-state index in [9.17, 15) is 9.59 Å². The van der Waals surface area contributed by atoms with Crippen molar-refractivity contribution in [2.24, 2.45) is 13.0 Å². The molecule has 126 valence electrons. The molecule has 2 amide bonds. The second-order valence-electron chi connectivity index (χ2n) is 6.07. The van der Waals surface area contributed by atoms with Crippen molar-refractivity contribution in [2.45, 2.75) is 26.3 Å². The Bertz CT molecular complexity index is 788. The summed E-state index contributed by atoms with van der Waals surface area (Å²) in [6.45, 7) is 3.86. The number of benzene rings is 1. The Kier molecular flexibility index (Phi) is 5.53. The quantitative estimate of drug-likeness (QED) is 0.782. The van der Waals surface area contributed by atoms with Crippen LogP contribution in [0.25, 0.3) is 10.9 Å². The molecule has 0 saturated heterocycles. The molecule has 0 spiro atoms. The van der Waals surface area contributed by atoms with E-state index >= 15 is 0 Å².